The molecule has 0 bridgehead atoms. The Morgan fingerprint density at radius 2 is 1.89 bits per heavy atom. The lowest BCUT2D eigenvalue weighted by Crippen LogP contribution is -2.36. The average Bonchev–Trinajstić information content (AvgIpc) is 2.89. The molecule has 7 heteroatoms. The number of anilines is 1. The van der Waals surface area contributed by atoms with Gasteiger partial charge in [-0.05, 0) is 23.1 Å². The minimum absolute atomic E-state index is 0. The van der Waals surface area contributed by atoms with Crippen molar-refractivity contribution in [3.05, 3.63) is 35.6 Å². The van der Waals surface area contributed by atoms with Crippen molar-refractivity contribution in [1.82, 2.24) is 0 Å². The Morgan fingerprint density at radius 1 is 1.26 bits per heavy atom. The van der Waals surface area contributed by atoms with Gasteiger partial charge in [-0.25, -0.2) is 0 Å². The molecule has 2 N–H and O–H groups in total. The number of ketones is 2. The predicted molar refractivity (Wildman–Crippen MR) is 111 cm³/mol. The second kappa shape index (κ2) is 7.72. The number of furan rings is 1. The van der Waals surface area contributed by atoms with E-state index in [0.29, 0.717) is 16.9 Å². The van der Waals surface area contributed by atoms with E-state index in [1.165, 1.54) is 7.11 Å². The van der Waals surface area contributed by atoms with E-state index in [1.807, 2.05) is 19.9 Å². The normalized spacial score (nSPS) is 16.5. The molecule has 1 heterocycles. The minimum atomic E-state index is -1.03. The van der Waals surface area contributed by atoms with Crippen LogP contribution in [0.25, 0.3) is 11.1 Å². The molecule has 0 radical (unpaired) electrons. The number of hydrogen-bond donors (Lipinski definition) is 1. The van der Waals surface area contributed by atoms with Gasteiger partial charge in [0.2, 0.25) is 5.88 Å². The van der Waals surface area contributed by atoms with E-state index >= 15 is 0 Å². The van der Waals surface area contributed by atoms with Gasteiger partial charge in [0, 0.05) is 18.4 Å². The maximum Gasteiger partial charge on any atom is 0.209 e. The number of carbonyl (C=O) groups is 2. The fraction of sp³-hybridized carbons (Fsp3) is 0.350. The summed E-state index contributed by atoms with van der Waals surface area (Å²) >= 11 is 0. The lowest BCUT2D eigenvalue weighted by atomic mass is 9.70. The quantitative estimate of drug-likeness (QED) is 0.525. The highest BCUT2D eigenvalue weighted by atomic mass is 127. The van der Waals surface area contributed by atoms with Gasteiger partial charge in [0.25, 0.3) is 0 Å². The van der Waals surface area contributed by atoms with Gasteiger partial charge in [-0.1, -0.05) is 26.0 Å². The highest BCUT2D eigenvalue weighted by molar-refractivity contribution is 14.0. The maximum absolute atomic E-state index is 12.7. The molecule has 27 heavy (non-hydrogen) atoms. The Bertz CT molecular complexity index is 920. The first kappa shape index (κ1) is 21.0. The fourth-order valence-corrected chi connectivity index (χ4v) is 3.53. The number of methoxy groups -OCH3 is 1. The smallest absolute Gasteiger partial charge is 0.209 e. The summed E-state index contributed by atoms with van der Waals surface area (Å²) in [5.41, 5.74) is 6.61. The lowest BCUT2D eigenvalue weighted by Gasteiger charge is -2.31. The third-order valence-corrected chi connectivity index (χ3v) is 4.64. The largest absolute Gasteiger partial charge is 0.497 e. The van der Waals surface area contributed by atoms with E-state index in [-0.39, 0.29) is 71.0 Å². The first-order valence-corrected chi connectivity index (χ1v) is 8.29. The second-order valence-corrected chi connectivity index (χ2v) is 7.31. The van der Waals surface area contributed by atoms with Crippen LogP contribution in [0.15, 0.2) is 28.7 Å². The van der Waals surface area contributed by atoms with E-state index in [4.69, 9.17) is 14.9 Å². The van der Waals surface area contributed by atoms with E-state index in [2.05, 4.69) is 0 Å². The number of nitriles is 1. The van der Waals surface area contributed by atoms with Gasteiger partial charge >= 0.3 is 0 Å². The zero-order chi connectivity index (χ0) is 19.1. The highest BCUT2D eigenvalue weighted by Gasteiger charge is 2.44. The summed E-state index contributed by atoms with van der Waals surface area (Å²) in [6.45, 7) is 3.78. The Labute approximate surface area is 174 Å². The Hall–Kier alpha value is -2.34. The highest BCUT2D eigenvalue weighted by Crippen LogP contribution is 2.44. The van der Waals surface area contributed by atoms with E-state index in [0.717, 1.165) is 0 Å². The molecule has 3 rings (SSSR count). The summed E-state index contributed by atoms with van der Waals surface area (Å²) in [5.74, 6) is -0.820. The molecule has 1 aromatic heterocycles. The molecule has 1 saturated carbocycles. The van der Waals surface area contributed by atoms with Crippen molar-refractivity contribution in [2.45, 2.75) is 32.6 Å². The van der Waals surface area contributed by atoms with Crippen molar-refractivity contribution in [2.75, 3.05) is 12.8 Å². The second-order valence-electron chi connectivity index (χ2n) is 7.31. The van der Waals surface area contributed by atoms with E-state index in [1.54, 1.807) is 24.3 Å². The predicted octanol–water partition coefficient (Wildman–Crippen LogP) is 4.07. The first-order chi connectivity index (χ1) is 12.3. The van der Waals surface area contributed by atoms with Crippen molar-refractivity contribution in [3.8, 4) is 22.9 Å². The van der Waals surface area contributed by atoms with Gasteiger partial charge in [0.05, 0.1) is 7.11 Å². The standard InChI is InChI=1S/C20H20N2O4.HI/c1-20(2)8-14(23)17(15(24)9-20)18-16(13(10-21)19(22)26-18)11-5-4-6-12(7-11)25-3;/h4-7,17H,8-9,22H2,1-3H3;1H. The van der Waals surface area contributed by atoms with Gasteiger partial charge in [-0.15, -0.1) is 24.0 Å². The number of nitrogens with two attached hydrogens (primary N) is 1. The fourth-order valence-electron chi connectivity index (χ4n) is 3.53. The lowest BCUT2D eigenvalue weighted by molar-refractivity contribution is -0.136. The Kier molecular flexibility index (Phi) is 6.00. The van der Waals surface area contributed by atoms with Crippen LogP contribution in [0.5, 0.6) is 5.75 Å². The summed E-state index contributed by atoms with van der Waals surface area (Å²) in [7, 11) is 1.53. The third kappa shape index (κ3) is 3.86. The molecule has 2 aromatic rings. The third-order valence-electron chi connectivity index (χ3n) is 4.64. The summed E-state index contributed by atoms with van der Waals surface area (Å²) < 4.78 is 10.8. The van der Waals surface area contributed by atoms with Crippen molar-refractivity contribution >= 4 is 41.4 Å². The van der Waals surface area contributed by atoms with E-state index < -0.39 is 5.92 Å². The molecule has 0 saturated heterocycles. The van der Waals surface area contributed by atoms with Crippen molar-refractivity contribution in [1.29, 1.82) is 5.26 Å². The van der Waals surface area contributed by atoms with Crippen LogP contribution in [0.3, 0.4) is 0 Å². The zero-order valence-electron chi connectivity index (χ0n) is 15.4. The maximum atomic E-state index is 12.7. The molecule has 0 atom stereocenters. The zero-order valence-corrected chi connectivity index (χ0v) is 17.7. The molecule has 0 spiro atoms. The minimum Gasteiger partial charge on any atom is -0.497 e. The summed E-state index contributed by atoms with van der Waals surface area (Å²) in [4.78, 5) is 25.4. The molecule has 1 aromatic carbocycles. The molecule has 1 aliphatic rings. The van der Waals surface area contributed by atoms with Gasteiger partial charge < -0.3 is 14.9 Å². The van der Waals surface area contributed by atoms with Crippen LogP contribution in [-0.2, 0) is 9.59 Å². The van der Waals surface area contributed by atoms with Gasteiger partial charge in [0.1, 0.15) is 29.1 Å². The van der Waals surface area contributed by atoms with Crippen LogP contribution in [-0.4, -0.2) is 18.7 Å². The number of nitrogens with zero attached hydrogens (tertiary/aromatic N) is 1. The topological polar surface area (TPSA) is 106 Å². The van der Waals surface area contributed by atoms with Gasteiger partial charge in [-0.2, -0.15) is 5.26 Å². The molecule has 0 unspecified atom stereocenters. The number of rotatable bonds is 3. The number of benzene rings is 1. The SMILES string of the molecule is COc1cccc(-c2c(C3C(=O)CC(C)(C)CC3=O)oc(N)c2C#N)c1.I. The number of carbonyl (C=O) groups excluding carboxylic acids is 2. The van der Waals surface area contributed by atoms with Crippen LogP contribution in [0.1, 0.15) is 43.9 Å². The Morgan fingerprint density at radius 3 is 2.44 bits per heavy atom. The van der Waals surface area contributed by atoms with Crippen molar-refractivity contribution in [2.24, 2.45) is 5.41 Å². The molecular formula is C20H21IN2O4. The molecule has 0 amide bonds. The molecule has 142 valence electrons. The average molecular weight is 480 g/mol. The number of nitrogen functional groups attached to an aromatic ring is 1. The van der Waals surface area contributed by atoms with Crippen molar-refractivity contribution in [3.63, 3.8) is 0 Å². The van der Waals surface area contributed by atoms with Crippen molar-refractivity contribution < 1.29 is 18.7 Å². The Balaban J connectivity index is 0.00000261. The molecular weight excluding hydrogens is 459 g/mol. The first-order valence-electron chi connectivity index (χ1n) is 8.29. The molecule has 1 aliphatic carbocycles. The number of ether oxygens (including phenoxy) is 1. The number of halogens is 1. The van der Waals surface area contributed by atoms with Crippen LogP contribution >= 0.6 is 24.0 Å². The van der Waals surface area contributed by atoms with Crippen LogP contribution in [0, 0.1) is 16.7 Å². The number of Topliss-reactive ketones (excluding diaryl/α,β-unsaturated/α-hetero) is 2. The summed E-state index contributed by atoms with van der Waals surface area (Å²) in [6.07, 6.45) is 0.535. The monoisotopic (exact) mass is 480 g/mol. The summed E-state index contributed by atoms with van der Waals surface area (Å²) in [5, 5.41) is 9.52. The number of hydrogen-bond acceptors (Lipinski definition) is 6. The van der Waals surface area contributed by atoms with Crippen LogP contribution in [0.4, 0.5) is 5.88 Å². The van der Waals surface area contributed by atoms with Gasteiger partial charge in [-0.3, -0.25) is 9.59 Å². The molecule has 1 fully saturated rings. The van der Waals surface area contributed by atoms with Crippen LogP contribution < -0.4 is 10.5 Å². The van der Waals surface area contributed by atoms with Crippen LogP contribution in [0.2, 0.25) is 0 Å². The van der Waals surface area contributed by atoms with E-state index in [9.17, 15) is 14.9 Å². The molecule has 0 aliphatic heterocycles. The summed E-state index contributed by atoms with van der Waals surface area (Å²) in [6, 6.07) is 9.03. The molecule has 6 nitrogen and oxygen atoms in total. The van der Waals surface area contributed by atoms with Gasteiger partial charge in [0.15, 0.2) is 11.6 Å².